The first-order chi connectivity index (χ1) is 30.9. The molecular weight excluding hydrogens is 793 g/mol. The van der Waals surface area contributed by atoms with Gasteiger partial charge in [0.2, 0.25) is 0 Å². The number of unbranched alkanes of at least 4 members (excludes halogenated alkanes) is 26. The minimum Gasteiger partial charge on any atom is -0.457 e. The molecule has 0 aromatic heterocycles. The molecule has 1 saturated heterocycles. The lowest BCUT2D eigenvalue weighted by molar-refractivity contribution is -0.305. The standard InChI is InChI=1S/C54H98O9/c1-3-5-7-9-11-13-15-17-19-21-23-25-27-29-31-33-35-37-39-41-43-50(56)62-48(47-61-54-53(59)52(58)51(57)49(45-55)63-54)46-60-44-42-40-38-36-34-32-30-28-26-24-22-20-18-16-14-12-10-8-6-4-2/h6,8,12,14,18,20,24,26,48-49,51-55,57-59H,3-5,7,9-11,13,15-17,19,21-23,25,27-47H2,1-2H3/b8-6-,14-12-,20-18-,26-24-. The molecule has 0 amide bonds. The van der Waals surface area contributed by atoms with Crippen molar-refractivity contribution in [2.24, 2.45) is 0 Å². The van der Waals surface area contributed by atoms with Gasteiger partial charge in [-0.1, -0.05) is 217 Å². The van der Waals surface area contributed by atoms with Crippen molar-refractivity contribution >= 4 is 5.97 Å². The Balaban J connectivity index is 2.20. The van der Waals surface area contributed by atoms with E-state index < -0.39 is 43.4 Å². The molecule has 63 heavy (non-hydrogen) atoms. The summed E-state index contributed by atoms with van der Waals surface area (Å²) in [4.78, 5) is 12.8. The van der Waals surface area contributed by atoms with Crippen molar-refractivity contribution in [2.75, 3.05) is 26.4 Å². The van der Waals surface area contributed by atoms with Crippen LogP contribution in [0.1, 0.15) is 226 Å². The number of hydrogen-bond donors (Lipinski definition) is 4. The molecule has 0 spiro atoms. The number of carbonyl (C=O) groups is 1. The van der Waals surface area contributed by atoms with Gasteiger partial charge in [-0.25, -0.2) is 0 Å². The second-order valence-electron chi connectivity index (χ2n) is 17.9. The zero-order valence-electron chi connectivity index (χ0n) is 40.6. The molecule has 4 N–H and O–H groups in total. The minimum absolute atomic E-state index is 0.116. The molecule has 368 valence electrons. The van der Waals surface area contributed by atoms with Crippen molar-refractivity contribution in [1.29, 1.82) is 0 Å². The molecule has 1 rings (SSSR count). The minimum atomic E-state index is -1.54. The normalized spacial score (nSPS) is 20.0. The molecule has 6 atom stereocenters. The highest BCUT2D eigenvalue weighted by atomic mass is 16.7. The van der Waals surface area contributed by atoms with Gasteiger partial charge in [-0.05, 0) is 51.4 Å². The number of allylic oxidation sites excluding steroid dienone is 8. The molecule has 9 nitrogen and oxygen atoms in total. The van der Waals surface area contributed by atoms with E-state index in [1.165, 1.54) is 135 Å². The zero-order chi connectivity index (χ0) is 45.7. The van der Waals surface area contributed by atoms with Crippen LogP contribution in [0, 0.1) is 0 Å². The van der Waals surface area contributed by atoms with Crippen LogP contribution in [0.2, 0.25) is 0 Å². The highest BCUT2D eigenvalue weighted by Crippen LogP contribution is 2.23. The molecule has 0 aliphatic carbocycles. The van der Waals surface area contributed by atoms with E-state index in [2.05, 4.69) is 62.5 Å². The number of carbonyl (C=O) groups excluding carboxylic acids is 1. The molecule has 1 heterocycles. The summed E-state index contributed by atoms with van der Waals surface area (Å²) >= 11 is 0. The first-order valence-electron chi connectivity index (χ1n) is 26.2. The van der Waals surface area contributed by atoms with Crippen molar-refractivity contribution in [2.45, 2.75) is 263 Å². The Hall–Kier alpha value is -1.85. The lowest BCUT2D eigenvalue weighted by atomic mass is 9.99. The summed E-state index contributed by atoms with van der Waals surface area (Å²) in [5.74, 6) is -0.314. The second kappa shape index (κ2) is 45.3. The fourth-order valence-electron chi connectivity index (χ4n) is 7.96. The molecule has 1 fully saturated rings. The van der Waals surface area contributed by atoms with Crippen LogP contribution in [-0.2, 0) is 23.7 Å². The molecule has 0 bridgehead atoms. The van der Waals surface area contributed by atoms with E-state index in [0.717, 1.165) is 70.6 Å². The third-order valence-corrected chi connectivity index (χ3v) is 12.0. The van der Waals surface area contributed by atoms with Crippen LogP contribution < -0.4 is 0 Å². The van der Waals surface area contributed by atoms with Crippen LogP contribution in [0.15, 0.2) is 48.6 Å². The van der Waals surface area contributed by atoms with Crippen molar-refractivity contribution in [3.63, 3.8) is 0 Å². The van der Waals surface area contributed by atoms with E-state index in [-0.39, 0.29) is 19.2 Å². The van der Waals surface area contributed by atoms with Crippen LogP contribution in [0.4, 0.5) is 0 Å². The fraction of sp³-hybridized carbons (Fsp3) is 0.833. The van der Waals surface area contributed by atoms with E-state index >= 15 is 0 Å². The maximum atomic E-state index is 12.8. The van der Waals surface area contributed by atoms with Gasteiger partial charge in [0.05, 0.1) is 19.8 Å². The Morgan fingerprint density at radius 3 is 1.46 bits per heavy atom. The van der Waals surface area contributed by atoms with Crippen LogP contribution in [0.3, 0.4) is 0 Å². The summed E-state index contributed by atoms with van der Waals surface area (Å²) in [7, 11) is 0. The average molecular weight is 891 g/mol. The van der Waals surface area contributed by atoms with E-state index in [9.17, 15) is 25.2 Å². The van der Waals surface area contributed by atoms with Gasteiger partial charge in [0.1, 0.15) is 30.5 Å². The highest BCUT2D eigenvalue weighted by molar-refractivity contribution is 5.69. The van der Waals surface area contributed by atoms with Crippen molar-refractivity contribution in [3.8, 4) is 0 Å². The summed E-state index contributed by atoms with van der Waals surface area (Å²) in [5, 5.41) is 40.3. The van der Waals surface area contributed by atoms with Gasteiger partial charge in [0, 0.05) is 13.0 Å². The van der Waals surface area contributed by atoms with E-state index in [1.807, 2.05) is 0 Å². The Morgan fingerprint density at radius 1 is 0.524 bits per heavy atom. The Labute approximate surface area is 386 Å². The van der Waals surface area contributed by atoms with Gasteiger partial charge in [-0.3, -0.25) is 4.79 Å². The zero-order valence-corrected chi connectivity index (χ0v) is 40.6. The largest absolute Gasteiger partial charge is 0.457 e. The fourth-order valence-corrected chi connectivity index (χ4v) is 7.96. The van der Waals surface area contributed by atoms with Crippen LogP contribution in [0.25, 0.3) is 0 Å². The van der Waals surface area contributed by atoms with Crippen LogP contribution in [0.5, 0.6) is 0 Å². The smallest absolute Gasteiger partial charge is 0.306 e. The van der Waals surface area contributed by atoms with Crippen molar-refractivity contribution < 1.29 is 44.2 Å². The van der Waals surface area contributed by atoms with Gasteiger partial charge < -0.3 is 39.4 Å². The van der Waals surface area contributed by atoms with E-state index in [4.69, 9.17) is 18.9 Å². The lowest BCUT2D eigenvalue weighted by Gasteiger charge is -2.39. The molecular formula is C54H98O9. The first kappa shape index (κ1) is 59.2. The monoisotopic (exact) mass is 891 g/mol. The van der Waals surface area contributed by atoms with Gasteiger partial charge in [0.25, 0.3) is 0 Å². The lowest BCUT2D eigenvalue weighted by Crippen LogP contribution is -2.59. The van der Waals surface area contributed by atoms with Crippen LogP contribution >= 0.6 is 0 Å². The van der Waals surface area contributed by atoms with Crippen LogP contribution in [-0.4, -0.2) is 89.6 Å². The number of aliphatic hydroxyl groups excluding tert-OH is 4. The molecule has 0 aromatic rings. The Kier molecular flexibility index (Phi) is 42.6. The van der Waals surface area contributed by atoms with Crippen molar-refractivity contribution in [1.82, 2.24) is 0 Å². The Morgan fingerprint density at radius 2 is 0.968 bits per heavy atom. The molecule has 1 aliphatic heterocycles. The highest BCUT2D eigenvalue weighted by Gasteiger charge is 2.44. The third kappa shape index (κ3) is 36.0. The molecule has 0 aromatic carbocycles. The third-order valence-electron chi connectivity index (χ3n) is 12.0. The number of hydrogen-bond acceptors (Lipinski definition) is 9. The number of aliphatic hydroxyl groups is 4. The van der Waals surface area contributed by atoms with E-state index in [0.29, 0.717) is 13.0 Å². The topological polar surface area (TPSA) is 135 Å². The Bertz CT molecular complexity index is 1100. The summed E-state index contributed by atoms with van der Waals surface area (Å²) in [6.07, 6.45) is 50.0. The molecule has 9 heteroatoms. The maximum Gasteiger partial charge on any atom is 0.306 e. The molecule has 1 aliphatic rings. The molecule has 6 unspecified atom stereocenters. The maximum absolute atomic E-state index is 12.8. The molecule has 0 saturated carbocycles. The SMILES string of the molecule is CC/C=C\C/C=C\C/C=C\C/C=C\CCCCCCCCCOCC(COC1OC(CO)C(O)C(O)C1O)OC(=O)CCCCCCCCCCCCCCCCCCCCCC. The van der Waals surface area contributed by atoms with Gasteiger partial charge >= 0.3 is 5.97 Å². The van der Waals surface area contributed by atoms with Gasteiger partial charge in [0.15, 0.2) is 6.29 Å². The number of esters is 1. The summed E-state index contributed by atoms with van der Waals surface area (Å²) in [6, 6.07) is 0. The van der Waals surface area contributed by atoms with Gasteiger partial charge in [-0.2, -0.15) is 0 Å². The number of rotatable bonds is 45. The number of ether oxygens (including phenoxy) is 4. The summed E-state index contributed by atoms with van der Waals surface area (Å²) in [5.41, 5.74) is 0. The predicted molar refractivity (Wildman–Crippen MR) is 261 cm³/mol. The summed E-state index contributed by atoms with van der Waals surface area (Å²) in [6.45, 7) is 4.45. The van der Waals surface area contributed by atoms with Gasteiger partial charge in [-0.15, -0.1) is 0 Å². The predicted octanol–water partition coefficient (Wildman–Crippen LogP) is 12.9. The summed E-state index contributed by atoms with van der Waals surface area (Å²) < 4.78 is 22.9. The quantitative estimate of drug-likeness (QED) is 0.0268. The first-order valence-corrected chi connectivity index (χ1v) is 26.2. The molecule has 0 radical (unpaired) electrons. The second-order valence-corrected chi connectivity index (χ2v) is 17.9. The van der Waals surface area contributed by atoms with Crippen molar-refractivity contribution in [3.05, 3.63) is 48.6 Å². The van der Waals surface area contributed by atoms with E-state index in [1.54, 1.807) is 0 Å². The average Bonchev–Trinajstić information content (AvgIpc) is 3.28.